The summed E-state index contributed by atoms with van der Waals surface area (Å²) in [6, 6.07) is 4.44. The van der Waals surface area contributed by atoms with Crippen LogP contribution >= 0.6 is 0 Å². The lowest BCUT2D eigenvalue weighted by Gasteiger charge is -2.41. The molecule has 2 saturated heterocycles. The van der Waals surface area contributed by atoms with Crippen LogP contribution in [0.15, 0.2) is 33.5 Å². The zero-order valence-electron chi connectivity index (χ0n) is 23.0. The molecule has 240 valence electrons. The molecule has 2 aliphatic heterocycles. The van der Waals surface area contributed by atoms with Gasteiger partial charge in [-0.05, 0) is 18.2 Å². The number of phenols is 3. The van der Waals surface area contributed by atoms with Crippen LogP contribution in [0, 0.1) is 0 Å². The maximum absolute atomic E-state index is 14.2. The molecule has 10 atom stereocenters. The lowest BCUT2D eigenvalue weighted by Crippen LogP contribution is -2.56. The minimum atomic E-state index is -1.98. The van der Waals surface area contributed by atoms with Crippen molar-refractivity contribution in [1.82, 2.24) is 0 Å². The van der Waals surface area contributed by atoms with Gasteiger partial charge in [-0.3, -0.25) is 4.79 Å². The predicted molar refractivity (Wildman–Crippen MR) is 145 cm³/mol. The molecule has 5 rings (SSSR count). The number of hydrogen-bond acceptors (Lipinski definition) is 16. The molecular weight excluding hydrogens is 592 g/mol. The second-order valence-electron chi connectivity index (χ2n) is 10.6. The largest absolute Gasteiger partial charge is 0.507 e. The van der Waals surface area contributed by atoms with E-state index in [9.17, 15) is 61.0 Å². The van der Waals surface area contributed by atoms with Gasteiger partial charge in [-0.25, -0.2) is 0 Å². The summed E-state index contributed by atoms with van der Waals surface area (Å²) >= 11 is 0. The highest BCUT2D eigenvalue weighted by molar-refractivity contribution is 5.91. The standard InChI is InChI=1S/C28H32O16/c1-41-12-3-2-8(4-9(12)31)25-17(28-24(40)22(38)19(35)14(7-30)43-28)20(36)15-10(32)5-11(33)16(26(15)44-25)27-23(39)21(37)18(34)13(6-29)42-27/h2-5,13-14,18-19,21-24,27-35,37-40H,6-7H2,1H3. The van der Waals surface area contributed by atoms with Crippen molar-refractivity contribution < 1.29 is 74.8 Å². The average Bonchev–Trinajstić information content (AvgIpc) is 2.99. The molecular formula is C28H32O16. The summed E-state index contributed by atoms with van der Waals surface area (Å²) in [5.74, 6) is -2.51. The number of hydrogen-bond donors (Lipinski definition) is 11. The summed E-state index contributed by atoms with van der Waals surface area (Å²) in [6.45, 7) is -1.65. The van der Waals surface area contributed by atoms with E-state index < -0.39 is 125 Å². The van der Waals surface area contributed by atoms with Gasteiger partial charge in [0.2, 0.25) is 5.43 Å². The van der Waals surface area contributed by atoms with Crippen molar-refractivity contribution in [2.75, 3.05) is 20.3 Å². The Labute approximate surface area is 247 Å². The van der Waals surface area contributed by atoms with Gasteiger partial charge in [-0.15, -0.1) is 0 Å². The third kappa shape index (κ3) is 5.04. The van der Waals surface area contributed by atoms with Gasteiger partial charge < -0.3 is 74.8 Å². The van der Waals surface area contributed by atoms with Crippen LogP contribution in [0.1, 0.15) is 23.3 Å². The molecule has 16 heteroatoms. The number of fused-ring (bicyclic) bond motifs is 1. The first-order chi connectivity index (χ1) is 20.9. The van der Waals surface area contributed by atoms with Crippen LogP contribution in [0.4, 0.5) is 0 Å². The number of aromatic hydroxyl groups is 3. The SMILES string of the molecule is COc1ccc(-c2oc3c(C4OC(CO)C(O)C(O)C4O)c(O)cc(O)c3c(=O)c2C2OC(CO)C(O)C(O)C2O)cc1O. The summed E-state index contributed by atoms with van der Waals surface area (Å²) < 4.78 is 22.3. The summed E-state index contributed by atoms with van der Waals surface area (Å²) in [7, 11) is 1.28. The number of methoxy groups -OCH3 is 1. The fraction of sp³-hybridized carbons (Fsp3) is 0.464. The normalized spacial score (nSPS) is 32.6. The van der Waals surface area contributed by atoms with E-state index in [1.54, 1.807) is 0 Å². The first kappa shape index (κ1) is 31.9. The van der Waals surface area contributed by atoms with E-state index >= 15 is 0 Å². The number of benzene rings is 2. The molecule has 10 unspecified atom stereocenters. The van der Waals surface area contributed by atoms with Gasteiger partial charge in [-0.1, -0.05) is 0 Å². The van der Waals surface area contributed by atoms with Crippen LogP contribution in [0.5, 0.6) is 23.0 Å². The lowest BCUT2D eigenvalue weighted by molar-refractivity contribution is -0.232. The molecule has 2 aromatic carbocycles. The van der Waals surface area contributed by atoms with Gasteiger partial charge in [0.25, 0.3) is 0 Å². The number of rotatable bonds is 6. The van der Waals surface area contributed by atoms with Crippen molar-refractivity contribution in [2.45, 2.75) is 61.0 Å². The molecule has 0 bridgehead atoms. The molecule has 2 aliphatic rings. The number of phenolic OH excluding ortho intramolecular Hbond substituents is 3. The van der Waals surface area contributed by atoms with E-state index in [0.717, 1.165) is 6.07 Å². The van der Waals surface area contributed by atoms with Gasteiger partial charge in [0.15, 0.2) is 17.1 Å². The van der Waals surface area contributed by atoms with Crippen LogP contribution in [-0.4, -0.2) is 125 Å². The minimum absolute atomic E-state index is 0.0172. The van der Waals surface area contributed by atoms with E-state index in [1.165, 1.54) is 19.2 Å². The Morgan fingerprint density at radius 3 is 1.75 bits per heavy atom. The highest BCUT2D eigenvalue weighted by Gasteiger charge is 2.48. The first-order valence-corrected chi connectivity index (χ1v) is 13.4. The molecule has 0 aliphatic carbocycles. The van der Waals surface area contributed by atoms with E-state index in [0.29, 0.717) is 6.07 Å². The molecule has 0 amide bonds. The fourth-order valence-electron chi connectivity index (χ4n) is 5.63. The van der Waals surface area contributed by atoms with Crippen LogP contribution in [0.2, 0.25) is 0 Å². The summed E-state index contributed by atoms with van der Waals surface area (Å²) in [5, 5.41) is 114. The zero-order valence-corrected chi connectivity index (χ0v) is 23.0. The Balaban J connectivity index is 1.84. The Bertz CT molecular complexity index is 1580. The molecule has 11 N–H and O–H groups in total. The van der Waals surface area contributed by atoms with Gasteiger partial charge in [0, 0.05) is 11.6 Å². The number of aliphatic hydroxyl groups is 8. The van der Waals surface area contributed by atoms with Crippen molar-refractivity contribution in [3.63, 3.8) is 0 Å². The molecule has 44 heavy (non-hydrogen) atoms. The fourth-order valence-corrected chi connectivity index (χ4v) is 5.63. The smallest absolute Gasteiger partial charge is 0.203 e. The third-order valence-electron chi connectivity index (χ3n) is 7.99. The Hall–Kier alpha value is -3.55. The second-order valence-corrected chi connectivity index (χ2v) is 10.6. The van der Waals surface area contributed by atoms with E-state index in [2.05, 4.69) is 0 Å². The van der Waals surface area contributed by atoms with E-state index in [-0.39, 0.29) is 11.3 Å². The van der Waals surface area contributed by atoms with Crippen molar-refractivity contribution in [3.8, 4) is 34.3 Å². The molecule has 16 nitrogen and oxygen atoms in total. The molecule has 0 saturated carbocycles. The van der Waals surface area contributed by atoms with Crippen molar-refractivity contribution >= 4 is 11.0 Å². The molecule has 3 aromatic rings. The number of ether oxygens (including phenoxy) is 3. The lowest BCUT2D eigenvalue weighted by atomic mass is 9.87. The van der Waals surface area contributed by atoms with Crippen molar-refractivity contribution in [1.29, 1.82) is 0 Å². The number of aliphatic hydroxyl groups excluding tert-OH is 8. The molecule has 2 fully saturated rings. The topological polar surface area (TPSA) is 280 Å². The van der Waals surface area contributed by atoms with Gasteiger partial charge in [-0.2, -0.15) is 0 Å². The maximum Gasteiger partial charge on any atom is 0.203 e. The monoisotopic (exact) mass is 624 g/mol. The Kier molecular flexibility index (Phi) is 8.76. The molecule has 1 aromatic heterocycles. The van der Waals surface area contributed by atoms with E-state index in [1.807, 2.05) is 0 Å². The van der Waals surface area contributed by atoms with Crippen LogP contribution in [-0.2, 0) is 9.47 Å². The highest BCUT2D eigenvalue weighted by atomic mass is 16.6. The van der Waals surface area contributed by atoms with Gasteiger partial charge >= 0.3 is 0 Å². The zero-order chi connectivity index (χ0) is 32.2. The Morgan fingerprint density at radius 1 is 0.705 bits per heavy atom. The average molecular weight is 625 g/mol. The molecule has 0 radical (unpaired) electrons. The van der Waals surface area contributed by atoms with Crippen molar-refractivity contribution in [2.24, 2.45) is 0 Å². The first-order valence-electron chi connectivity index (χ1n) is 13.4. The maximum atomic E-state index is 14.2. The second kappa shape index (κ2) is 12.1. The van der Waals surface area contributed by atoms with Gasteiger partial charge in [0.1, 0.15) is 83.7 Å². The quantitative estimate of drug-likeness (QED) is 0.136. The van der Waals surface area contributed by atoms with Gasteiger partial charge in [0.05, 0.1) is 31.5 Å². The summed E-state index contributed by atoms with van der Waals surface area (Å²) in [6.07, 6.45) is -17.7. The van der Waals surface area contributed by atoms with Crippen LogP contribution in [0.3, 0.4) is 0 Å². The summed E-state index contributed by atoms with van der Waals surface area (Å²) in [4.78, 5) is 14.2. The molecule has 3 heterocycles. The molecule has 0 spiro atoms. The van der Waals surface area contributed by atoms with Crippen LogP contribution < -0.4 is 10.2 Å². The van der Waals surface area contributed by atoms with E-state index in [4.69, 9.17) is 18.6 Å². The summed E-state index contributed by atoms with van der Waals surface area (Å²) in [5.41, 5.74) is -2.79. The highest BCUT2D eigenvalue weighted by Crippen LogP contribution is 2.46. The van der Waals surface area contributed by atoms with Crippen molar-refractivity contribution in [3.05, 3.63) is 45.6 Å². The Morgan fingerprint density at radius 2 is 1.25 bits per heavy atom. The third-order valence-corrected chi connectivity index (χ3v) is 7.99. The predicted octanol–water partition coefficient (Wildman–Crippen LogP) is -2.38. The van der Waals surface area contributed by atoms with Crippen LogP contribution in [0.25, 0.3) is 22.3 Å². The minimum Gasteiger partial charge on any atom is -0.507 e.